The summed E-state index contributed by atoms with van der Waals surface area (Å²) in [4.78, 5) is 18.6. The Kier molecular flexibility index (Phi) is 4.23. The summed E-state index contributed by atoms with van der Waals surface area (Å²) in [7, 11) is 0. The maximum atomic E-state index is 14.0. The van der Waals surface area contributed by atoms with E-state index in [0.29, 0.717) is 5.91 Å². The molecule has 4 saturated carbocycles. The fourth-order valence-electron chi connectivity index (χ4n) is 7.78. The van der Waals surface area contributed by atoms with Crippen LogP contribution in [0.2, 0.25) is 0 Å². The Bertz CT molecular complexity index is 902. The topological polar surface area (TPSA) is 23.6 Å². The standard InChI is InChI=1S/C27H32N2O/c30-25(29-13-11-28(12-14-29)24-9-5-2-6-10-24)27-18-21-15-22(19-27)17-26(16-21,20-27)23-7-3-1-4-8-23/h1-10,21-22H,11-20H2/t21-,22-,26?,27?/m0/s1. The first-order chi connectivity index (χ1) is 14.7. The highest BCUT2D eigenvalue weighted by Crippen LogP contribution is 2.66. The lowest BCUT2D eigenvalue weighted by Crippen LogP contribution is -2.61. The van der Waals surface area contributed by atoms with Gasteiger partial charge in [-0.15, -0.1) is 0 Å². The molecular weight excluding hydrogens is 368 g/mol. The zero-order valence-electron chi connectivity index (χ0n) is 17.8. The number of carbonyl (C=O) groups excluding carboxylic acids is 1. The van der Waals surface area contributed by atoms with Crippen LogP contribution in [0.4, 0.5) is 5.69 Å². The fourth-order valence-corrected chi connectivity index (χ4v) is 7.78. The minimum absolute atomic E-state index is 0.102. The Balaban J connectivity index is 1.23. The van der Waals surface area contributed by atoms with E-state index >= 15 is 0 Å². The summed E-state index contributed by atoms with van der Waals surface area (Å²) in [5.41, 5.74) is 2.91. The number of carbonyl (C=O) groups is 1. The molecule has 3 nitrogen and oxygen atoms in total. The number of nitrogens with zero attached hydrogens (tertiary/aromatic N) is 2. The number of para-hydroxylation sites is 1. The fraction of sp³-hybridized carbons (Fsp3) is 0.519. The van der Waals surface area contributed by atoms with E-state index in [1.807, 2.05) is 0 Å². The van der Waals surface area contributed by atoms with Gasteiger partial charge in [-0.3, -0.25) is 4.79 Å². The number of hydrogen-bond acceptors (Lipinski definition) is 2. The molecule has 4 aliphatic carbocycles. The van der Waals surface area contributed by atoms with Crippen molar-refractivity contribution in [1.82, 2.24) is 4.90 Å². The van der Waals surface area contributed by atoms with Crippen molar-refractivity contribution in [2.45, 2.75) is 43.9 Å². The van der Waals surface area contributed by atoms with E-state index in [4.69, 9.17) is 0 Å². The summed E-state index contributed by atoms with van der Waals surface area (Å²) in [6.45, 7) is 3.62. The molecule has 2 atom stereocenters. The number of amides is 1. The van der Waals surface area contributed by atoms with Gasteiger partial charge in [0.05, 0.1) is 5.41 Å². The second kappa shape index (κ2) is 6.87. The normalized spacial score (nSPS) is 34.9. The molecule has 0 spiro atoms. The molecule has 2 aromatic rings. The molecule has 2 aromatic carbocycles. The molecule has 1 saturated heterocycles. The molecule has 30 heavy (non-hydrogen) atoms. The SMILES string of the molecule is O=C(N1CCN(c2ccccc2)CC1)C12C[C@H]3C[C@H](C1)CC(c1ccccc1)(C3)C2. The van der Waals surface area contributed by atoms with Crippen molar-refractivity contribution >= 4 is 11.6 Å². The van der Waals surface area contributed by atoms with Crippen molar-refractivity contribution in [3.05, 3.63) is 66.2 Å². The first kappa shape index (κ1) is 18.5. The number of benzene rings is 2. The minimum atomic E-state index is -0.102. The summed E-state index contributed by atoms with van der Waals surface area (Å²) >= 11 is 0. The molecule has 7 rings (SSSR count). The smallest absolute Gasteiger partial charge is 0.228 e. The average molecular weight is 401 g/mol. The second-order valence-corrected chi connectivity index (χ2v) is 10.5. The van der Waals surface area contributed by atoms with Gasteiger partial charge < -0.3 is 9.80 Å². The van der Waals surface area contributed by atoms with Crippen LogP contribution in [0.5, 0.6) is 0 Å². The van der Waals surface area contributed by atoms with E-state index in [9.17, 15) is 4.79 Å². The van der Waals surface area contributed by atoms with Crippen LogP contribution in [0.1, 0.15) is 44.1 Å². The first-order valence-corrected chi connectivity index (χ1v) is 11.8. The van der Waals surface area contributed by atoms with Gasteiger partial charge in [0.2, 0.25) is 5.91 Å². The highest BCUT2D eigenvalue weighted by Gasteiger charge is 2.61. The molecule has 4 bridgehead atoms. The van der Waals surface area contributed by atoms with Gasteiger partial charge >= 0.3 is 0 Å². The molecule has 1 amide bonds. The van der Waals surface area contributed by atoms with Gasteiger partial charge in [0, 0.05) is 31.9 Å². The lowest BCUT2D eigenvalue weighted by molar-refractivity contribution is -0.160. The largest absolute Gasteiger partial charge is 0.368 e. The molecule has 156 valence electrons. The van der Waals surface area contributed by atoms with Gasteiger partial charge in [-0.2, -0.15) is 0 Å². The Morgan fingerprint density at radius 1 is 0.767 bits per heavy atom. The molecule has 1 aliphatic heterocycles. The van der Waals surface area contributed by atoms with Gasteiger partial charge in [0.15, 0.2) is 0 Å². The van der Waals surface area contributed by atoms with Crippen LogP contribution in [-0.2, 0) is 10.2 Å². The molecule has 0 unspecified atom stereocenters. The predicted octanol–water partition coefficient (Wildman–Crippen LogP) is 4.87. The molecule has 1 heterocycles. The third-order valence-corrected chi connectivity index (χ3v) is 8.59. The zero-order valence-corrected chi connectivity index (χ0v) is 17.8. The maximum absolute atomic E-state index is 14.0. The van der Waals surface area contributed by atoms with E-state index in [0.717, 1.165) is 57.3 Å². The van der Waals surface area contributed by atoms with Gasteiger partial charge in [-0.1, -0.05) is 48.5 Å². The number of anilines is 1. The van der Waals surface area contributed by atoms with E-state index in [-0.39, 0.29) is 10.8 Å². The number of piperazine rings is 1. The van der Waals surface area contributed by atoms with Crippen molar-refractivity contribution in [1.29, 1.82) is 0 Å². The van der Waals surface area contributed by atoms with E-state index < -0.39 is 0 Å². The Morgan fingerprint density at radius 3 is 2.00 bits per heavy atom. The third kappa shape index (κ3) is 2.89. The van der Waals surface area contributed by atoms with Gasteiger partial charge in [-0.05, 0) is 73.5 Å². The number of rotatable bonds is 3. The van der Waals surface area contributed by atoms with E-state index in [1.54, 1.807) is 0 Å². The lowest BCUT2D eigenvalue weighted by atomic mass is 9.42. The van der Waals surface area contributed by atoms with E-state index in [1.165, 1.54) is 30.5 Å². The molecule has 3 heteroatoms. The average Bonchev–Trinajstić information content (AvgIpc) is 2.79. The number of hydrogen-bond donors (Lipinski definition) is 0. The van der Waals surface area contributed by atoms with Crippen LogP contribution in [0.15, 0.2) is 60.7 Å². The van der Waals surface area contributed by atoms with Crippen molar-refractivity contribution in [2.75, 3.05) is 31.1 Å². The summed E-state index contributed by atoms with van der Waals surface area (Å²) in [5.74, 6) is 1.95. The van der Waals surface area contributed by atoms with Crippen LogP contribution in [0.3, 0.4) is 0 Å². The van der Waals surface area contributed by atoms with Gasteiger partial charge in [0.25, 0.3) is 0 Å². The molecular formula is C27H32N2O. The monoisotopic (exact) mass is 400 g/mol. The third-order valence-electron chi connectivity index (χ3n) is 8.59. The van der Waals surface area contributed by atoms with Gasteiger partial charge in [0.1, 0.15) is 0 Å². The van der Waals surface area contributed by atoms with Crippen LogP contribution in [-0.4, -0.2) is 37.0 Å². The summed E-state index contributed by atoms with van der Waals surface area (Å²) in [6.07, 6.45) is 7.29. The summed E-state index contributed by atoms with van der Waals surface area (Å²) in [6, 6.07) is 21.8. The van der Waals surface area contributed by atoms with Crippen molar-refractivity contribution < 1.29 is 4.79 Å². The van der Waals surface area contributed by atoms with Gasteiger partial charge in [-0.25, -0.2) is 0 Å². The predicted molar refractivity (Wildman–Crippen MR) is 120 cm³/mol. The summed E-state index contributed by atoms with van der Waals surface area (Å²) < 4.78 is 0. The minimum Gasteiger partial charge on any atom is -0.368 e. The van der Waals surface area contributed by atoms with E-state index in [2.05, 4.69) is 70.5 Å². The van der Waals surface area contributed by atoms with Crippen molar-refractivity contribution in [3.8, 4) is 0 Å². The Morgan fingerprint density at radius 2 is 1.37 bits per heavy atom. The molecule has 0 radical (unpaired) electrons. The highest BCUT2D eigenvalue weighted by molar-refractivity contribution is 5.84. The Hall–Kier alpha value is -2.29. The van der Waals surface area contributed by atoms with Crippen LogP contribution in [0, 0.1) is 17.3 Å². The molecule has 0 N–H and O–H groups in total. The van der Waals surface area contributed by atoms with Crippen LogP contribution >= 0.6 is 0 Å². The first-order valence-electron chi connectivity index (χ1n) is 11.8. The zero-order chi connectivity index (χ0) is 20.2. The molecule has 5 aliphatic rings. The molecule has 5 fully saturated rings. The van der Waals surface area contributed by atoms with Crippen LogP contribution in [0.25, 0.3) is 0 Å². The Labute approximate surface area is 180 Å². The van der Waals surface area contributed by atoms with Crippen molar-refractivity contribution in [2.24, 2.45) is 17.3 Å². The molecule has 0 aromatic heterocycles. The van der Waals surface area contributed by atoms with Crippen LogP contribution < -0.4 is 4.90 Å². The lowest BCUT2D eigenvalue weighted by Gasteiger charge is -2.62. The highest BCUT2D eigenvalue weighted by atomic mass is 16.2. The summed E-state index contributed by atoms with van der Waals surface area (Å²) in [5, 5.41) is 0. The van der Waals surface area contributed by atoms with Crippen molar-refractivity contribution in [3.63, 3.8) is 0 Å². The second-order valence-electron chi connectivity index (χ2n) is 10.5. The quantitative estimate of drug-likeness (QED) is 0.734. The maximum Gasteiger partial charge on any atom is 0.228 e.